The number of nitrogens with one attached hydrogen (secondary N) is 1. The molecule has 1 N–H and O–H groups in total. The summed E-state index contributed by atoms with van der Waals surface area (Å²) in [7, 11) is 1.25. The Bertz CT molecular complexity index is 714. The maximum atomic E-state index is 12.4. The van der Waals surface area contributed by atoms with Crippen LogP contribution in [0, 0.1) is 0 Å². The van der Waals surface area contributed by atoms with Crippen LogP contribution in [-0.4, -0.2) is 48.4 Å². The van der Waals surface area contributed by atoms with Crippen LogP contribution in [0.15, 0.2) is 36.5 Å². The summed E-state index contributed by atoms with van der Waals surface area (Å²) in [6.45, 7) is 0.376. The fraction of sp³-hybridized carbons (Fsp3) is 0.353. The highest BCUT2D eigenvalue weighted by atomic mass is 19.4. The van der Waals surface area contributed by atoms with Crippen molar-refractivity contribution in [3.8, 4) is 0 Å². The zero-order chi connectivity index (χ0) is 19.3. The lowest BCUT2D eigenvalue weighted by Gasteiger charge is -2.22. The van der Waals surface area contributed by atoms with Gasteiger partial charge in [0.15, 0.2) is 0 Å². The number of ketones is 1. The van der Waals surface area contributed by atoms with E-state index in [1.165, 1.54) is 36.3 Å². The molecule has 1 fully saturated rings. The third kappa shape index (κ3) is 4.84. The van der Waals surface area contributed by atoms with E-state index in [9.17, 15) is 27.6 Å². The molecule has 0 unspecified atom stereocenters. The molecule has 140 valence electrons. The minimum Gasteiger partial charge on any atom is -0.465 e. The van der Waals surface area contributed by atoms with Crippen molar-refractivity contribution in [1.82, 2.24) is 4.90 Å². The number of esters is 1. The number of methoxy groups -OCH3 is 1. The van der Waals surface area contributed by atoms with Crippen molar-refractivity contribution in [2.75, 3.05) is 19.0 Å². The Morgan fingerprint density at radius 1 is 1.23 bits per heavy atom. The van der Waals surface area contributed by atoms with Crippen molar-refractivity contribution in [3.63, 3.8) is 0 Å². The summed E-state index contributed by atoms with van der Waals surface area (Å²) in [6.07, 6.45) is -2.43. The van der Waals surface area contributed by atoms with Gasteiger partial charge in [-0.25, -0.2) is 4.79 Å². The van der Waals surface area contributed by atoms with Crippen LogP contribution in [0.5, 0.6) is 0 Å². The highest BCUT2D eigenvalue weighted by molar-refractivity contribution is 5.97. The lowest BCUT2D eigenvalue weighted by molar-refractivity contribution is -0.165. The summed E-state index contributed by atoms with van der Waals surface area (Å²) in [5, 5.41) is 2.64. The van der Waals surface area contributed by atoms with Crippen LogP contribution in [0.1, 0.15) is 23.2 Å². The number of likely N-dealkylation sites (tertiary alicyclic amines) is 1. The first-order valence-corrected chi connectivity index (χ1v) is 7.76. The van der Waals surface area contributed by atoms with Crippen LogP contribution in [0.2, 0.25) is 0 Å². The molecule has 1 atom stereocenters. The van der Waals surface area contributed by atoms with Gasteiger partial charge in [-0.1, -0.05) is 0 Å². The third-order valence-electron chi connectivity index (χ3n) is 3.87. The van der Waals surface area contributed by atoms with E-state index >= 15 is 0 Å². The van der Waals surface area contributed by atoms with Crippen molar-refractivity contribution in [2.24, 2.45) is 0 Å². The Balaban J connectivity index is 2.00. The molecule has 1 aliphatic heterocycles. The second-order valence-corrected chi connectivity index (χ2v) is 5.63. The monoisotopic (exact) mass is 370 g/mol. The summed E-state index contributed by atoms with van der Waals surface area (Å²) < 4.78 is 41.3. The molecule has 1 saturated heterocycles. The standard InChI is InChI=1S/C17H17F3N2O4/c1-26-16(25)11-4-6-12(7-5-11)21-15(24)13-3-2-9-22(13)10-8-14(23)17(18,19)20/h4-8,10,13H,2-3,9H2,1H3,(H,21,24)/b10-8+/t13-/m1/s1. The summed E-state index contributed by atoms with van der Waals surface area (Å²) in [6, 6.07) is 5.33. The number of carbonyl (C=O) groups is 3. The maximum Gasteiger partial charge on any atom is 0.454 e. The van der Waals surface area contributed by atoms with Gasteiger partial charge >= 0.3 is 12.1 Å². The zero-order valence-electron chi connectivity index (χ0n) is 13.9. The molecule has 0 aliphatic carbocycles. The molecule has 1 aromatic carbocycles. The number of amides is 1. The van der Waals surface area contributed by atoms with Crippen LogP contribution < -0.4 is 5.32 Å². The number of benzene rings is 1. The van der Waals surface area contributed by atoms with E-state index in [0.717, 1.165) is 6.20 Å². The van der Waals surface area contributed by atoms with E-state index < -0.39 is 29.9 Å². The Hall–Kier alpha value is -2.84. The maximum absolute atomic E-state index is 12.4. The molecule has 0 bridgehead atoms. The largest absolute Gasteiger partial charge is 0.465 e. The van der Waals surface area contributed by atoms with Gasteiger partial charge in [-0.2, -0.15) is 13.2 Å². The quantitative estimate of drug-likeness (QED) is 0.637. The molecule has 1 aliphatic rings. The lowest BCUT2D eigenvalue weighted by atomic mass is 10.1. The molecule has 26 heavy (non-hydrogen) atoms. The van der Waals surface area contributed by atoms with Crippen LogP contribution in [0.3, 0.4) is 0 Å². The average molecular weight is 370 g/mol. The van der Waals surface area contributed by atoms with Crippen molar-refractivity contribution in [1.29, 1.82) is 0 Å². The van der Waals surface area contributed by atoms with E-state index in [2.05, 4.69) is 10.1 Å². The lowest BCUT2D eigenvalue weighted by Crippen LogP contribution is -2.36. The molecule has 0 aromatic heterocycles. The van der Waals surface area contributed by atoms with E-state index in [0.29, 0.717) is 36.7 Å². The molecule has 1 amide bonds. The number of carbonyl (C=O) groups excluding carboxylic acids is 3. The van der Waals surface area contributed by atoms with Crippen LogP contribution in [0.25, 0.3) is 0 Å². The average Bonchev–Trinajstić information content (AvgIpc) is 3.07. The number of rotatable bonds is 5. The molecule has 9 heteroatoms. The van der Waals surface area contributed by atoms with E-state index in [1.807, 2.05) is 0 Å². The van der Waals surface area contributed by atoms with Gasteiger partial charge in [0.1, 0.15) is 6.04 Å². The van der Waals surface area contributed by atoms with Gasteiger partial charge in [0.2, 0.25) is 5.91 Å². The van der Waals surface area contributed by atoms with Gasteiger partial charge in [-0.3, -0.25) is 9.59 Å². The fourth-order valence-corrected chi connectivity index (χ4v) is 2.54. The van der Waals surface area contributed by atoms with Gasteiger partial charge in [-0.15, -0.1) is 0 Å². The van der Waals surface area contributed by atoms with Crippen molar-refractivity contribution >= 4 is 23.3 Å². The summed E-state index contributed by atoms with van der Waals surface area (Å²) in [5.74, 6) is -2.89. The molecule has 1 aromatic rings. The molecule has 2 rings (SSSR count). The SMILES string of the molecule is COC(=O)c1ccc(NC(=O)[C@H]2CCCN2/C=C/C(=O)C(F)(F)F)cc1. The molecule has 6 nitrogen and oxygen atoms in total. The summed E-state index contributed by atoms with van der Waals surface area (Å²) in [5.41, 5.74) is 0.756. The fourth-order valence-electron chi connectivity index (χ4n) is 2.54. The highest BCUT2D eigenvalue weighted by Crippen LogP contribution is 2.21. The molecular weight excluding hydrogens is 353 g/mol. The first kappa shape index (κ1) is 19.5. The number of alkyl halides is 3. The number of ether oxygens (including phenoxy) is 1. The third-order valence-corrected chi connectivity index (χ3v) is 3.87. The predicted molar refractivity (Wildman–Crippen MR) is 86.3 cm³/mol. The molecule has 0 spiro atoms. The molecule has 0 saturated carbocycles. The highest BCUT2D eigenvalue weighted by Gasteiger charge is 2.37. The summed E-state index contributed by atoms with van der Waals surface area (Å²) in [4.78, 5) is 36.0. The topological polar surface area (TPSA) is 75.7 Å². The number of allylic oxidation sites excluding steroid dienone is 1. The van der Waals surface area contributed by atoms with Gasteiger partial charge in [0, 0.05) is 24.5 Å². The van der Waals surface area contributed by atoms with Crippen molar-refractivity contribution in [3.05, 3.63) is 42.1 Å². The minimum atomic E-state index is -4.94. The van der Waals surface area contributed by atoms with Gasteiger partial charge in [0.25, 0.3) is 5.78 Å². The predicted octanol–water partition coefficient (Wildman–Crippen LogP) is 2.52. The van der Waals surface area contributed by atoms with Crippen molar-refractivity contribution in [2.45, 2.75) is 25.1 Å². The van der Waals surface area contributed by atoms with E-state index in [-0.39, 0.29) is 0 Å². The van der Waals surface area contributed by atoms with Crippen LogP contribution in [0.4, 0.5) is 18.9 Å². The van der Waals surface area contributed by atoms with Gasteiger partial charge in [0.05, 0.1) is 12.7 Å². The molecular formula is C17H17F3N2O4. The van der Waals surface area contributed by atoms with Crippen LogP contribution >= 0.6 is 0 Å². The number of halogens is 3. The second kappa shape index (κ2) is 8.03. The van der Waals surface area contributed by atoms with E-state index in [4.69, 9.17) is 0 Å². The second-order valence-electron chi connectivity index (χ2n) is 5.63. The Morgan fingerprint density at radius 3 is 2.46 bits per heavy atom. The Labute approximate surface area is 147 Å². The first-order valence-electron chi connectivity index (χ1n) is 7.76. The number of hydrogen-bond acceptors (Lipinski definition) is 5. The van der Waals surface area contributed by atoms with Gasteiger partial charge < -0.3 is 15.0 Å². The smallest absolute Gasteiger partial charge is 0.454 e. The van der Waals surface area contributed by atoms with Gasteiger partial charge in [-0.05, 0) is 37.1 Å². The molecule has 0 radical (unpaired) electrons. The summed E-state index contributed by atoms with van der Waals surface area (Å²) >= 11 is 0. The minimum absolute atomic E-state index is 0.321. The van der Waals surface area contributed by atoms with E-state index in [1.54, 1.807) is 0 Å². The number of anilines is 1. The van der Waals surface area contributed by atoms with Crippen molar-refractivity contribution < 1.29 is 32.3 Å². The Kier molecular flexibility index (Phi) is 6.01. The zero-order valence-corrected chi connectivity index (χ0v) is 13.9. The molecule has 1 heterocycles. The number of hydrogen-bond donors (Lipinski definition) is 1. The number of nitrogens with zero attached hydrogens (tertiary/aromatic N) is 1. The normalized spacial score (nSPS) is 17.4. The van der Waals surface area contributed by atoms with Crippen LogP contribution in [-0.2, 0) is 14.3 Å². The Morgan fingerprint density at radius 2 is 1.88 bits per heavy atom. The first-order chi connectivity index (χ1) is 12.2.